The van der Waals surface area contributed by atoms with Crippen molar-refractivity contribution in [2.75, 3.05) is 20.2 Å². The molecule has 5 heteroatoms. The lowest BCUT2D eigenvalue weighted by Gasteiger charge is -2.45. The summed E-state index contributed by atoms with van der Waals surface area (Å²) in [5.74, 6) is 0.146. The fourth-order valence-electron chi connectivity index (χ4n) is 4.73. The predicted octanol–water partition coefficient (Wildman–Crippen LogP) is 1.48. The van der Waals surface area contributed by atoms with Crippen molar-refractivity contribution < 1.29 is 14.3 Å². The third-order valence-corrected chi connectivity index (χ3v) is 6.13. The number of aromatic nitrogens is 1. The lowest BCUT2D eigenvalue weighted by molar-refractivity contribution is -0.138. The van der Waals surface area contributed by atoms with Crippen LogP contribution in [-0.2, 0) is 14.3 Å². The summed E-state index contributed by atoms with van der Waals surface area (Å²) >= 11 is 0. The number of methoxy groups -OCH3 is 1. The molecule has 3 aliphatic heterocycles. The smallest absolute Gasteiger partial charge is 0.337 e. The second kappa shape index (κ2) is 5.66. The summed E-state index contributed by atoms with van der Waals surface area (Å²) in [5, 5.41) is 3.74. The van der Waals surface area contributed by atoms with E-state index in [0.717, 1.165) is 25.0 Å². The van der Waals surface area contributed by atoms with Crippen molar-refractivity contribution in [2.24, 2.45) is 11.8 Å². The summed E-state index contributed by atoms with van der Waals surface area (Å²) in [7, 11) is 1.43. The van der Waals surface area contributed by atoms with Crippen LogP contribution >= 0.6 is 0 Å². The molecule has 2 aromatic rings. The zero-order valence-corrected chi connectivity index (χ0v) is 15.0. The Labute approximate surface area is 151 Å². The summed E-state index contributed by atoms with van der Waals surface area (Å²) in [6.45, 7) is 3.88. The van der Waals surface area contributed by atoms with Crippen molar-refractivity contribution in [1.82, 2.24) is 9.88 Å². The second-order valence-corrected chi connectivity index (χ2v) is 7.40. The largest absolute Gasteiger partial charge is 0.497 e. The lowest BCUT2D eigenvalue weighted by atomic mass is 9.75. The number of carbonyl (C=O) groups excluding carboxylic acids is 1. The molecule has 1 fully saturated rings. The SMILES string of the molecule is COC(=O)C1=COC(C)C2CN3CC=c4c([nH]c5ccccc45)=C3CC12. The van der Waals surface area contributed by atoms with Gasteiger partial charge in [0.05, 0.1) is 24.3 Å². The number of fused-ring (bicyclic) bond motifs is 5. The molecular formula is C21H22N2O3. The van der Waals surface area contributed by atoms with E-state index in [-0.39, 0.29) is 23.9 Å². The van der Waals surface area contributed by atoms with Gasteiger partial charge in [0, 0.05) is 46.7 Å². The Morgan fingerprint density at radius 2 is 2.19 bits per heavy atom. The number of para-hydroxylation sites is 1. The van der Waals surface area contributed by atoms with E-state index in [1.165, 1.54) is 28.8 Å². The highest BCUT2D eigenvalue weighted by Crippen LogP contribution is 2.41. The maximum absolute atomic E-state index is 12.3. The second-order valence-electron chi connectivity index (χ2n) is 7.40. The van der Waals surface area contributed by atoms with Gasteiger partial charge in [0.25, 0.3) is 0 Å². The zero-order valence-electron chi connectivity index (χ0n) is 15.0. The Morgan fingerprint density at radius 1 is 1.35 bits per heavy atom. The third kappa shape index (κ3) is 2.13. The average Bonchev–Trinajstić information content (AvgIpc) is 3.06. The molecule has 1 aromatic carbocycles. The van der Waals surface area contributed by atoms with Gasteiger partial charge in [-0.1, -0.05) is 24.3 Å². The molecule has 5 rings (SSSR count). The Morgan fingerprint density at radius 3 is 3.04 bits per heavy atom. The highest BCUT2D eigenvalue weighted by Gasteiger charge is 2.43. The lowest BCUT2D eigenvalue weighted by Crippen LogP contribution is -2.51. The molecule has 0 amide bonds. The summed E-state index contributed by atoms with van der Waals surface area (Å²) < 4.78 is 10.8. The molecule has 1 saturated heterocycles. The van der Waals surface area contributed by atoms with Gasteiger partial charge in [-0.25, -0.2) is 4.79 Å². The fraction of sp³-hybridized carbons (Fsp3) is 0.381. The van der Waals surface area contributed by atoms with Gasteiger partial charge in [-0.15, -0.1) is 0 Å². The van der Waals surface area contributed by atoms with E-state index in [4.69, 9.17) is 9.47 Å². The van der Waals surface area contributed by atoms with Crippen molar-refractivity contribution in [3.05, 3.63) is 46.7 Å². The molecule has 0 saturated carbocycles. The van der Waals surface area contributed by atoms with Crippen molar-refractivity contribution in [2.45, 2.75) is 19.4 Å². The highest BCUT2D eigenvalue weighted by atomic mass is 16.5. The molecular weight excluding hydrogens is 328 g/mol. The van der Waals surface area contributed by atoms with Gasteiger partial charge in [-0.2, -0.15) is 0 Å². The van der Waals surface area contributed by atoms with Crippen molar-refractivity contribution in [1.29, 1.82) is 0 Å². The van der Waals surface area contributed by atoms with Gasteiger partial charge in [-0.3, -0.25) is 0 Å². The van der Waals surface area contributed by atoms with E-state index < -0.39 is 0 Å². The summed E-state index contributed by atoms with van der Waals surface area (Å²) in [6.07, 6.45) is 4.85. The molecule has 26 heavy (non-hydrogen) atoms. The van der Waals surface area contributed by atoms with Gasteiger partial charge in [-0.05, 0) is 19.4 Å². The Balaban J connectivity index is 1.67. The molecule has 0 aliphatic carbocycles. The number of H-pyrrole nitrogens is 1. The molecule has 0 spiro atoms. The van der Waals surface area contributed by atoms with Crippen molar-refractivity contribution in [3.8, 4) is 0 Å². The molecule has 3 atom stereocenters. The van der Waals surface area contributed by atoms with E-state index in [2.05, 4.69) is 47.1 Å². The predicted molar refractivity (Wildman–Crippen MR) is 99.2 cm³/mol. The first kappa shape index (κ1) is 15.6. The Hall–Kier alpha value is -2.69. The number of piperidine rings is 1. The van der Waals surface area contributed by atoms with Crippen LogP contribution in [0.2, 0.25) is 0 Å². The van der Waals surface area contributed by atoms with E-state index in [1.54, 1.807) is 6.26 Å². The number of aromatic amines is 1. The minimum Gasteiger partial charge on any atom is -0.497 e. The van der Waals surface area contributed by atoms with Crippen LogP contribution in [0.1, 0.15) is 13.3 Å². The van der Waals surface area contributed by atoms with Crippen LogP contribution < -0.4 is 10.6 Å². The van der Waals surface area contributed by atoms with Gasteiger partial charge < -0.3 is 19.4 Å². The highest BCUT2D eigenvalue weighted by molar-refractivity contribution is 5.89. The van der Waals surface area contributed by atoms with Crippen LogP contribution in [0, 0.1) is 11.8 Å². The quantitative estimate of drug-likeness (QED) is 0.792. The summed E-state index contributed by atoms with van der Waals surface area (Å²) in [4.78, 5) is 18.3. The molecule has 0 bridgehead atoms. The van der Waals surface area contributed by atoms with Gasteiger partial charge >= 0.3 is 5.97 Å². The minimum atomic E-state index is -0.278. The van der Waals surface area contributed by atoms with Crippen LogP contribution in [0.15, 0.2) is 36.1 Å². The Bertz CT molecular complexity index is 1050. The van der Waals surface area contributed by atoms with E-state index in [9.17, 15) is 4.79 Å². The van der Waals surface area contributed by atoms with E-state index in [0.29, 0.717) is 5.57 Å². The molecule has 5 nitrogen and oxygen atoms in total. The number of hydrogen-bond acceptors (Lipinski definition) is 4. The Kier molecular flexibility index (Phi) is 3.39. The number of nitrogens with zero attached hydrogens (tertiary/aromatic N) is 1. The molecule has 134 valence electrons. The van der Waals surface area contributed by atoms with Gasteiger partial charge in [0.2, 0.25) is 0 Å². The molecule has 1 aromatic heterocycles. The number of rotatable bonds is 1. The van der Waals surface area contributed by atoms with Crippen molar-refractivity contribution in [3.63, 3.8) is 0 Å². The van der Waals surface area contributed by atoms with Crippen LogP contribution in [0.25, 0.3) is 22.7 Å². The molecule has 0 radical (unpaired) electrons. The third-order valence-electron chi connectivity index (χ3n) is 6.13. The molecule has 4 heterocycles. The standard InChI is InChI=1S/C21H22N2O3/c1-12-16-10-23-8-7-14-13-5-3-4-6-18(13)22-20(14)19(23)9-15(16)17(11-26-12)21(24)25-2/h3-7,11-12,15-16,22H,8-10H2,1-2H3. The number of benzene rings is 1. The maximum Gasteiger partial charge on any atom is 0.337 e. The van der Waals surface area contributed by atoms with E-state index >= 15 is 0 Å². The topological polar surface area (TPSA) is 54.6 Å². The summed E-state index contributed by atoms with van der Waals surface area (Å²) in [6, 6.07) is 8.42. The average molecular weight is 350 g/mol. The van der Waals surface area contributed by atoms with Crippen LogP contribution in [-0.4, -0.2) is 42.2 Å². The number of esters is 1. The van der Waals surface area contributed by atoms with Crippen molar-refractivity contribution >= 4 is 28.6 Å². The number of nitrogens with one attached hydrogen (secondary N) is 1. The first-order valence-electron chi connectivity index (χ1n) is 9.16. The monoisotopic (exact) mass is 350 g/mol. The molecule has 3 aliphatic rings. The normalized spacial score (nSPS) is 26.8. The summed E-state index contributed by atoms with van der Waals surface area (Å²) in [5.41, 5.74) is 3.12. The van der Waals surface area contributed by atoms with Crippen LogP contribution in [0.3, 0.4) is 0 Å². The fourth-order valence-corrected chi connectivity index (χ4v) is 4.73. The first-order chi connectivity index (χ1) is 12.7. The van der Waals surface area contributed by atoms with Gasteiger partial charge in [0.15, 0.2) is 0 Å². The maximum atomic E-state index is 12.3. The molecule has 3 unspecified atom stereocenters. The molecule has 1 N–H and O–H groups in total. The zero-order chi connectivity index (χ0) is 17.8. The number of hydrogen-bond donors (Lipinski definition) is 1. The van der Waals surface area contributed by atoms with E-state index in [1.807, 2.05) is 0 Å². The van der Waals surface area contributed by atoms with Crippen LogP contribution in [0.4, 0.5) is 0 Å². The van der Waals surface area contributed by atoms with Crippen LogP contribution in [0.5, 0.6) is 0 Å². The minimum absolute atomic E-state index is 0.0964. The van der Waals surface area contributed by atoms with Gasteiger partial charge in [0.1, 0.15) is 6.10 Å². The number of carbonyl (C=O) groups is 1. The number of ether oxygens (including phenoxy) is 2. The first-order valence-corrected chi connectivity index (χ1v) is 9.16.